The number of aryl methyl sites for hydroxylation is 1. The normalized spacial score (nSPS) is 19.5. The third kappa shape index (κ3) is 3.64. The molecular weight excluding hydrogens is 336 g/mol. The summed E-state index contributed by atoms with van der Waals surface area (Å²) in [6.45, 7) is 0.707. The highest BCUT2D eigenvalue weighted by Crippen LogP contribution is 2.28. The van der Waals surface area contributed by atoms with Gasteiger partial charge in [0.2, 0.25) is 10.0 Å². The van der Waals surface area contributed by atoms with Gasteiger partial charge in [-0.05, 0) is 37.1 Å². The summed E-state index contributed by atoms with van der Waals surface area (Å²) in [7, 11) is -1.90. The lowest BCUT2D eigenvalue weighted by Crippen LogP contribution is -2.40. The van der Waals surface area contributed by atoms with E-state index < -0.39 is 27.4 Å². The van der Waals surface area contributed by atoms with E-state index in [4.69, 9.17) is 0 Å². The van der Waals surface area contributed by atoms with Gasteiger partial charge in [0.25, 0.3) is 0 Å². The molecule has 8 heteroatoms. The molecule has 0 N–H and O–H groups in total. The molecule has 1 fully saturated rings. The highest BCUT2D eigenvalue weighted by Gasteiger charge is 2.31. The fourth-order valence-corrected chi connectivity index (χ4v) is 4.64. The second kappa shape index (κ2) is 6.60. The third-order valence-corrected chi connectivity index (χ3v) is 6.07. The summed E-state index contributed by atoms with van der Waals surface area (Å²) in [6.07, 6.45) is 3.40. The summed E-state index contributed by atoms with van der Waals surface area (Å²) in [4.78, 5) is 0. The molecule has 1 aromatic heterocycles. The number of nitrogens with zero attached hydrogens (tertiary/aromatic N) is 3. The monoisotopic (exact) mass is 355 g/mol. The lowest BCUT2D eigenvalue weighted by molar-refractivity contribution is 0.311. The average Bonchev–Trinajstić information content (AvgIpc) is 2.97. The number of benzene rings is 1. The van der Waals surface area contributed by atoms with Crippen LogP contribution in [0.3, 0.4) is 0 Å². The summed E-state index contributed by atoms with van der Waals surface area (Å²) >= 11 is 0. The molecule has 5 nitrogen and oxygen atoms in total. The zero-order valence-electron chi connectivity index (χ0n) is 13.3. The molecule has 130 valence electrons. The van der Waals surface area contributed by atoms with E-state index in [2.05, 4.69) is 5.10 Å². The number of aromatic nitrogens is 2. The number of piperidine rings is 1. The van der Waals surface area contributed by atoms with Crippen LogP contribution in [-0.2, 0) is 22.8 Å². The summed E-state index contributed by atoms with van der Waals surface area (Å²) < 4.78 is 55.3. The Morgan fingerprint density at radius 3 is 2.79 bits per heavy atom. The molecule has 0 aliphatic carbocycles. The second-order valence-corrected chi connectivity index (χ2v) is 8.07. The lowest BCUT2D eigenvalue weighted by Gasteiger charge is -2.31. The first kappa shape index (κ1) is 17.0. The van der Waals surface area contributed by atoms with Crippen molar-refractivity contribution >= 4 is 10.0 Å². The van der Waals surface area contributed by atoms with Crippen LogP contribution in [0.25, 0.3) is 0 Å². The number of sulfonamides is 1. The first-order valence-electron chi connectivity index (χ1n) is 7.76. The van der Waals surface area contributed by atoms with E-state index in [0.29, 0.717) is 19.5 Å². The van der Waals surface area contributed by atoms with Crippen LogP contribution in [0.1, 0.15) is 30.0 Å². The summed E-state index contributed by atoms with van der Waals surface area (Å²) in [5.41, 5.74) is 0.712. The van der Waals surface area contributed by atoms with Crippen molar-refractivity contribution in [3.05, 3.63) is 53.4 Å². The van der Waals surface area contributed by atoms with Crippen LogP contribution in [0.4, 0.5) is 8.78 Å². The van der Waals surface area contributed by atoms with Crippen LogP contribution >= 0.6 is 0 Å². The Labute approximate surface area is 139 Å². The smallest absolute Gasteiger partial charge is 0.218 e. The molecule has 1 saturated heterocycles. The molecule has 0 amide bonds. The Morgan fingerprint density at radius 1 is 1.29 bits per heavy atom. The Bertz CT molecular complexity index is 836. The number of rotatable bonds is 4. The van der Waals surface area contributed by atoms with Gasteiger partial charge in [-0.2, -0.15) is 5.10 Å². The summed E-state index contributed by atoms with van der Waals surface area (Å²) in [6, 6.07) is 4.75. The predicted octanol–water partition coefficient (Wildman–Crippen LogP) is 2.41. The van der Waals surface area contributed by atoms with Gasteiger partial charge in [0.05, 0.1) is 11.4 Å². The summed E-state index contributed by atoms with van der Waals surface area (Å²) in [5.74, 6) is -1.87. The van der Waals surface area contributed by atoms with Crippen LogP contribution in [0.5, 0.6) is 0 Å². The minimum absolute atomic E-state index is 0.0204. The summed E-state index contributed by atoms with van der Waals surface area (Å²) in [5, 5.41) is 4.35. The van der Waals surface area contributed by atoms with Gasteiger partial charge in [-0.3, -0.25) is 4.68 Å². The van der Waals surface area contributed by atoms with Crippen LogP contribution in [0.15, 0.2) is 30.5 Å². The molecule has 1 unspecified atom stereocenters. The first-order chi connectivity index (χ1) is 11.3. The van der Waals surface area contributed by atoms with Crippen molar-refractivity contribution in [2.75, 3.05) is 13.1 Å². The van der Waals surface area contributed by atoms with Crippen molar-refractivity contribution in [1.29, 1.82) is 0 Å². The Hall–Kier alpha value is -1.80. The SMILES string of the molecule is Cn1ccc(C2CCCN(S(=O)(=O)Cc3cc(F)ccc3F)C2)n1. The molecule has 0 bridgehead atoms. The average molecular weight is 355 g/mol. The van der Waals surface area contributed by atoms with Crippen LogP contribution in [0.2, 0.25) is 0 Å². The van der Waals surface area contributed by atoms with Crippen LogP contribution in [0, 0.1) is 11.6 Å². The minimum atomic E-state index is -3.72. The van der Waals surface area contributed by atoms with Crippen LogP contribution in [-0.4, -0.2) is 35.6 Å². The molecule has 1 aliphatic rings. The molecule has 1 aliphatic heterocycles. The molecule has 1 atom stereocenters. The maximum absolute atomic E-state index is 13.7. The molecule has 2 aromatic rings. The van der Waals surface area contributed by atoms with Crippen LogP contribution < -0.4 is 0 Å². The van der Waals surface area contributed by atoms with Gasteiger partial charge in [-0.1, -0.05) is 0 Å². The Morgan fingerprint density at radius 2 is 2.08 bits per heavy atom. The Balaban J connectivity index is 1.77. The highest BCUT2D eigenvalue weighted by atomic mass is 32.2. The van der Waals surface area contributed by atoms with Gasteiger partial charge < -0.3 is 0 Å². The highest BCUT2D eigenvalue weighted by molar-refractivity contribution is 7.88. The van der Waals surface area contributed by atoms with Gasteiger partial charge in [0, 0.05) is 37.8 Å². The molecular formula is C16H19F2N3O2S. The van der Waals surface area contributed by atoms with E-state index in [1.54, 1.807) is 4.68 Å². The van der Waals surface area contributed by atoms with Crippen molar-refractivity contribution in [1.82, 2.24) is 14.1 Å². The van der Waals surface area contributed by atoms with E-state index in [0.717, 1.165) is 30.3 Å². The van der Waals surface area contributed by atoms with Gasteiger partial charge in [-0.15, -0.1) is 0 Å². The lowest BCUT2D eigenvalue weighted by atomic mass is 9.96. The van der Waals surface area contributed by atoms with Gasteiger partial charge in [-0.25, -0.2) is 21.5 Å². The molecule has 1 aromatic carbocycles. The number of hydrogen-bond acceptors (Lipinski definition) is 3. The van der Waals surface area contributed by atoms with Gasteiger partial charge in [0.15, 0.2) is 0 Å². The fourth-order valence-electron chi connectivity index (χ4n) is 3.03. The molecule has 0 saturated carbocycles. The number of halogens is 2. The van der Waals surface area contributed by atoms with Crippen molar-refractivity contribution in [3.63, 3.8) is 0 Å². The third-order valence-electron chi connectivity index (χ3n) is 4.28. The van der Waals surface area contributed by atoms with Crippen molar-refractivity contribution < 1.29 is 17.2 Å². The molecule has 0 radical (unpaired) electrons. The quantitative estimate of drug-likeness (QED) is 0.846. The van der Waals surface area contributed by atoms with E-state index in [9.17, 15) is 17.2 Å². The molecule has 2 heterocycles. The molecule has 0 spiro atoms. The fraction of sp³-hybridized carbons (Fsp3) is 0.438. The van der Waals surface area contributed by atoms with E-state index in [-0.39, 0.29) is 11.5 Å². The number of hydrogen-bond donors (Lipinski definition) is 0. The van der Waals surface area contributed by atoms with E-state index in [1.165, 1.54) is 4.31 Å². The van der Waals surface area contributed by atoms with E-state index in [1.807, 2.05) is 19.3 Å². The van der Waals surface area contributed by atoms with Crippen molar-refractivity contribution in [2.45, 2.75) is 24.5 Å². The van der Waals surface area contributed by atoms with E-state index >= 15 is 0 Å². The predicted molar refractivity (Wildman–Crippen MR) is 85.7 cm³/mol. The molecule has 24 heavy (non-hydrogen) atoms. The largest absolute Gasteiger partial charge is 0.276 e. The van der Waals surface area contributed by atoms with Gasteiger partial charge in [0.1, 0.15) is 11.6 Å². The maximum Gasteiger partial charge on any atom is 0.218 e. The van der Waals surface area contributed by atoms with Crippen molar-refractivity contribution in [3.8, 4) is 0 Å². The zero-order chi connectivity index (χ0) is 17.3. The topological polar surface area (TPSA) is 55.2 Å². The maximum atomic E-state index is 13.7. The van der Waals surface area contributed by atoms with Crippen molar-refractivity contribution in [2.24, 2.45) is 7.05 Å². The Kier molecular flexibility index (Phi) is 4.69. The zero-order valence-corrected chi connectivity index (χ0v) is 14.1. The minimum Gasteiger partial charge on any atom is -0.276 e. The second-order valence-electron chi connectivity index (χ2n) is 6.10. The first-order valence-corrected chi connectivity index (χ1v) is 9.37. The van der Waals surface area contributed by atoms with Gasteiger partial charge >= 0.3 is 0 Å². The molecule has 3 rings (SSSR count). The standard InChI is InChI=1S/C16H19F2N3O2S/c1-20-8-6-16(19-20)12-3-2-7-21(10-12)24(22,23)11-13-9-14(17)4-5-15(13)18/h4-6,8-9,12H,2-3,7,10-11H2,1H3.